The topological polar surface area (TPSA) is 85.4 Å². The molecule has 0 saturated carbocycles. The van der Waals surface area contributed by atoms with Crippen LogP contribution in [0, 0.1) is 0 Å². The summed E-state index contributed by atoms with van der Waals surface area (Å²) < 4.78 is 10.5. The summed E-state index contributed by atoms with van der Waals surface area (Å²) in [6.07, 6.45) is 0. The highest BCUT2D eigenvalue weighted by molar-refractivity contribution is 6.02. The molecule has 1 heterocycles. The Morgan fingerprint density at radius 1 is 0.929 bits per heavy atom. The average Bonchev–Trinajstić information content (AvgIpc) is 2.74. The van der Waals surface area contributed by atoms with Gasteiger partial charge in [-0.3, -0.25) is 4.79 Å². The zero-order chi connectivity index (χ0) is 19.8. The molecule has 0 spiro atoms. The number of amides is 1. The molecule has 0 unspecified atom stereocenters. The molecule has 7 heteroatoms. The zero-order valence-corrected chi connectivity index (χ0v) is 15.8. The summed E-state index contributed by atoms with van der Waals surface area (Å²) >= 11 is 0. The molecule has 3 aromatic rings. The van der Waals surface area contributed by atoms with Crippen LogP contribution in [0.25, 0.3) is 0 Å². The van der Waals surface area contributed by atoms with Gasteiger partial charge in [-0.25, -0.2) is 0 Å². The Morgan fingerprint density at radius 3 is 2.25 bits per heavy atom. The highest BCUT2D eigenvalue weighted by Gasteiger charge is 2.09. The standard InChI is InChI=1S/C21H22N4O3/c1-3-28-18-10-6-16(7-11-18)23-21(26)19-12-13-20(25-24-19)22-14-15-4-8-17(27-2)9-5-15/h4-13H,3,14H2,1-2H3,(H,22,25)(H,23,26). The molecule has 0 saturated heterocycles. The van der Waals surface area contributed by atoms with E-state index in [0.717, 1.165) is 17.1 Å². The number of carbonyl (C=O) groups is 1. The predicted molar refractivity (Wildman–Crippen MR) is 108 cm³/mol. The van der Waals surface area contributed by atoms with Gasteiger partial charge in [0.25, 0.3) is 5.91 Å². The summed E-state index contributed by atoms with van der Waals surface area (Å²) in [6.45, 7) is 3.11. The van der Waals surface area contributed by atoms with E-state index < -0.39 is 0 Å². The van der Waals surface area contributed by atoms with Gasteiger partial charge in [-0.1, -0.05) is 12.1 Å². The molecular weight excluding hydrogens is 356 g/mol. The van der Waals surface area contributed by atoms with Crippen molar-refractivity contribution in [2.45, 2.75) is 13.5 Å². The first-order valence-electron chi connectivity index (χ1n) is 8.92. The van der Waals surface area contributed by atoms with Crippen molar-refractivity contribution in [2.75, 3.05) is 24.4 Å². The molecule has 0 atom stereocenters. The normalized spacial score (nSPS) is 10.2. The van der Waals surface area contributed by atoms with E-state index >= 15 is 0 Å². The van der Waals surface area contributed by atoms with Gasteiger partial charge in [-0.15, -0.1) is 10.2 Å². The van der Waals surface area contributed by atoms with Gasteiger partial charge in [0.15, 0.2) is 5.69 Å². The number of rotatable bonds is 8. The van der Waals surface area contributed by atoms with Crippen LogP contribution in [0.2, 0.25) is 0 Å². The minimum absolute atomic E-state index is 0.240. The van der Waals surface area contributed by atoms with Crippen LogP contribution in [0.4, 0.5) is 11.5 Å². The number of carbonyl (C=O) groups excluding carboxylic acids is 1. The number of aromatic nitrogens is 2. The predicted octanol–water partition coefficient (Wildman–Crippen LogP) is 3.75. The number of hydrogen-bond acceptors (Lipinski definition) is 6. The van der Waals surface area contributed by atoms with Crippen LogP contribution in [0.15, 0.2) is 60.7 Å². The monoisotopic (exact) mass is 378 g/mol. The van der Waals surface area contributed by atoms with E-state index in [0.29, 0.717) is 24.7 Å². The minimum Gasteiger partial charge on any atom is -0.497 e. The number of benzene rings is 2. The zero-order valence-electron chi connectivity index (χ0n) is 15.8. The van der Waals surface area contributed by atoms with Gasteiger partial charge >= 0.3 is 0 Å². The average molecular weight is 378 g/mol. The smallest absolute Gasteiger partial charge is 0.276 e. The fourth-order valence-electron chi connectivity index (χ4n) is 2.48. The Balaban J connectivity index is 1.54. The quantitative estimate of drug-likeness (QED) is 0.621. The van der Waals surface area contributed by atoms with Crippen molar-refractivity contribution >= 4 is 17.4 Å². The summed E-state index contributed by atoms with van der Waals surface area (Å²) in [5, 5.41) is 14.0. The van der Waals surface area contributed by atoms with E-state index in [9.17, 15) is 4.79 Å². The number of hydrogen-bond donors (Lipinski definition) is 2. The molecule has 0 radical (unpaired) electrons. The van der Waals surface area contributed by atoms with E-state index in [-0.39, 0.29) is 11.6 Å². The van der Waals surface area contributed by atoms with E-state index in [4.69, 9.17) is 9.47 Å². The Hall–Kier alpha value is -3.61. The van der Waals surface area contributed by atoms with E-state index in [1.165, 1.54) is 0 Å². The maximum absolute atomic E-state index is 12.3. The number of anilines is 2. The number of ether oxygens (including phenoxy) is 2. The number of nitrogens with one attached hydrogen (secondary N) is 2. The lowest BCUT2D eigenvalue weighted by Crippen LogP contribution is -2.14. The van der Waals surface area contributed by atoms with Crippen molar-refractivity contribution in [3.63, 3.8) is 0 Å². The maximum Gasteiger partial charge on any atom is 0.276 e. The fourth-order valence-corrected chi connectivity index (χ4v) is 2.48. The molecule has 7 nitrogen and oxygen atoms in total. The van der Waals surface area contributed by atoms with Gasteiger partial charge in [0.1, 0.15) is 17.3 Å². The van der Waals surface area contributed by atoms with Gasteiger partial charge in [0.2, 0.25) is 0 Å². The molecule has 1 aromatic heterocycles. The lowest BCUT2D eigenvalue weighted by Gasteiger charge is -2.08. The first kappa shape index (κ1) is 19.2. The summed E-state index contributed by atoms with van der Waals surface area (Å²) in [7, 11) is 1.64. The SMILES string of the molecule is CCOc1ccc(NC(=O)c2ccc(NCc3ccc(OC)cc3)nn2)cc1. The van der Waals surface area contributed by atoms with Crippen molar-refractivity contribution in [2.24, 2.45) is 0 Å². The minimum atomic E-state index is -0.321. The first-order chi connectivity index (χ1) is 13.7. The van der Waals surface area contributed by atoms with Crippen molar-refractivity contribution in [3.8, 4) is 11.5 Å². The van der Waals surface area contributed by atoms with Gasteiger partial charge in [-0.05, 0) is 61.0 Å². The second kappa shape index (κ2) is 9.36. The van der Waals surface area contributed by atoms with Crippen LogP contribution < -0.4 is 20.1 Å². The van der Waals surface area contributed by atoms with E-state index in [1.54, 1.807) is 43.5 Å². The second-order valence-corrected chi connectivity index (χ2v) is 5.92. The van der Waals surface area contributed by atoms with E-state index in [2.05, 4.69) is 20.8 Å². The molecule has 1 amide bonds. The van der Waals surface area contributed by atoms with Gasteiger partial charge in [-0.2, -0.15) is 0 Å². The molecule has 0 bridgehead atoms. The number of methoxy groups -OCH3 is 1. The Labute approximate surface area is 163 Å². The Kier molecular flexibility index (Phi) is 6.41. The van der Waals surface area contributed by atoms with Crippen molar-refractivity contribution < 1.29 is 14.3 Å². The van der Waals surface area contributed by atoms with Crippen molar-refractivity contribution in [1.29, 1.82) is 0 Å². The van der Waals surface area contributed by atoms with Crippen LogP contribution in [0.3, 0.4) is 0 Å². The highest BCUT2D eigenvalue weighted by Crippen LogP contribution is 2.16. The third kappa shape index (κ3) is 5.20. The van der Waals surface area contributed by atoms with Crippen molar-refractivity contribution in [3.05, 3.63) is 71.9 Å². The van der Waals surface area contributed by atoms with Crippen LogP contribution >= 0.6 is 0 Å². The van der Waals surface area contributed by atoms with Crippen LogP contribution in [-0.2, 0) is 6.54 Å². The molecule has 0 aliphatic carbocycles. The van der Waals surface area contributed by atoms with Gasteiger partial charge in [0, 0.05) is 12.2 Å². The maximum atomic E-state index is 12.3. The van der Waals surface area contributed by atoms with Crippen LogP contribution in [-0.4, -0.2) is 29.8 Å². The molecule has 2 N–H and O–H groups in total. The number of nitrogens with zero attached hydrogens (tertiary/aromatic N) is 2. The van der Waals surface area contributed by atoms with Crippen molar-refractivity contribution in [1.82, 2.24) is 10.2 Å². The molecule has 0 aliphatic rings. The molecule has 28 heavy (non-hydrogen) atoms. The fraction of sp³-hybridized carbons (Fsp3) is 0.190. The summed E-state index contributed by atoms with van der Waals surface area (Å²) in [6, 6.07) is 18.3. The van der Waals surface area contributed by atoms with Crippen LogP contribution in [0.5, 0.6) is 11.5 Å². The lowest BCUT2D eigenvalue weighted by molar-refractivity contribution is 0.102. The molecule has 2 aromatic carbocycles. The van der Waals surface area contributed by atoms with Crippen LogP contribution in [0.1, 0.15) is 23.0 Å². The third-order valence-electron chi connectivity index (χ3n) is 3.95. The molecule has 0 aliphatic heterocycles. The van der Waals surface area contributed by atoms with Gasteiger partial charge in [0.05, 0.1) is 13.7 Å². The third-order valence-corrected chi connectivity index (χ3v) is 3.95. The summed E-state index contributed by atoms with van der Waals surface area (Å²) in [4.78, 5) is 12.3. The molecular formula is C21H22N4O3. The summed E-state index contributed by atoms with van der Waals surface area (Å²) in [5.41, 5.74) is 1.99. The first-order valence-corrected chi connectivity index (χ1v) is 8.92. The van der Waals surface area contributed by atoms with Gasteiger partial charge < -0.3 is 20.1 Å². The molecule has 0 fully saturated rings. The highest BCUT2D eigenvalue weighted by atomic mass is 16.5. The molecule has 3 rings (SSSR count). The molecule has 144 valence electrons. The second-order valence-electron chi connectivity index (χ2n) is 5.92. The Morgan fingerprint density at radius 2 is 1.64 bits per heavy atom. The Bertz CT molecular complexity index is 894. The van der Waals surface area contributed by atoms with E-state index in [1.807, 2.05) is 31.2 Å². The lowest BCUT2D eigenvalue weighted by atomic mass is 10.2. The summed E-state index contributed by atoms with van der Waals surface area (Å²) in [5.74, 6) is 1.84. The largest absolute Gasteiger partial charge is 0.497 e.